The Balaban J connectivity index is 1.87. The van der Waals surface area contributed by atoms with Crippen LogP contribution in [-0.2, 0) is 0 Å². The second-order valence-electron chi connectivity index (χ2n) is 6.73. The van der Waals surface area contributed by atoms with E-state index < -0.39 is 5.97 Å². The first-order valence-corrected chi connectivity index (χ1v) is 9.42. The van der Waals surface area contributed by atoms with Crippen molar-refractivity contribution in [2.24, 2.45) is 5.92 Å². The Morgan fingerprint density at radius 3 is 2.56 bits per heavy atom. The Bertz CT molecular complexity index is 811. The van der Waals surface area contributed by atoms with Gasteiger partial charge in [-0.25, -0.2) is 4.79 Å². The first kappa shape index (κ1) is 17.6. The molecule has 3 rings (SSSR count). The molecule has 1 atom stereocenters. The molecule has 1 aliphatic rings. The number of fused-ring (bicyclic) bond motifs is 1. The normalized spacial score (nSPS) is 17.8. The molecular weight excluding hydrogens is 330 g/mol. The summed E-state index contributed by atoms with van der Waals surface area (Å²) in [6.07, 6.45) is 2.10. The van der Waals surface area contributed by atoms with E-state index in [0.717, 1.165) is 17.9 Å². The maximum Gasteiger partial charge on any atom is 0.335 e. The number of nitrogens with zero attached hydrogens (tertiary/aromatic N) is 1. The van der Waals surface area contributed by atoms with Crippen molar-refractivity contribution in [3.05, 3.63) is 59.2 Å². The molecule has 4 heteroatoms. The Hall–Kier alpha value is -2.20. The number of thioether (sulfide) groups is 1. The number of rotatable bonds is 3. The topological polar surface area (TPSA) is 40.5 Å². The van der Waals surface area contributed by atoms with E-state index in [0.29, 0.717) is 11.5 Å². The second-order valence-corrected chi connectivity index (χ2v) is 7.80. The van der Waals surface area contributed by atoms with Crippen molar-refractivity contribution in [1.29, 1.82) is 0 Å². The van der Waals surface area contributed by atoms with Crippen LogP contribution in [0.3, 0.4) is 0 Å². The Kier molecular flexibility index (Phi) is 5.19. The standard InChI is InChI=1S/C21H23NO2S/c1-14-12-22(3)19-9-8-18(11-20(19)25-13-14)15(2)10-16-4-6-17(7-5-16)21(23)24/h4-11,14H,12-13H2,1-3H3,(H,23,24). The molecule has 3 nitrogen and oxygen atoms in total. The summed E-state index contributed by atoms with van der Waals surface area (Å²) in [5.74, 6) is 0.920. The largest absolute Gasteiger partial charge is 0.478 e. The fraction of sp³-hybridized carbons (Fsp3) is 0.286. The first-order valence-electron chi connectivity index (χ1n) is 8.44. The zero-order valence-electron chi connectivity index (χ0n) is 14.8. The summed E-state index contributed by atoms with van der Waals surface area (Å²) in [6, 6.07) is 13.6. The van der Waals surface area contributed by atoms with Crippen LogP contribution >= 0.6 is 11.8 Å². The van der Waals surface area contributed by atoms with E-state index in [1.54, 1.807) is 12.1 Å². The summed E-state index contributed by atoms with van der Waals surface area (Å²) in [6.45, 7) is 5.48. The van der Waals surface area contributed by atoms with Gasteiger partial charge in [0.2, 0.25) is 0 Å². The van der Waals surface area contributed by atoms with Crippen LogP contribution in [0.2, 0.25) is 0 Å². The van der Waals surface area contributed by atoms with Crippen molar-refractivity contribution < 1.29 is 9.90 Å². The van der Waals surface area contributed by atoms with Crippen LogP contribution in [0.1, 0.15) is 35.3 Å². The van der Waals surface area contributed by atoms with E-state index >= 15 is 0 Å². The molecule has 130 valence electrons. The van der Waals surface area contributed by atoms with Gasteiger partial charge in [-0.2, -0.15) is 0 Å². The molecule has 0 bridgehead atoms. The maximum atomic E-state index is 10.9. The predicted molar refractivity (Wildman–Crippen MR) is 107 cm³/mol. The molecule has 2 aromatic carbocycles. The Morgan fingerprint density at radius 1 is 1.20 bits per heavy atom. The van der Waals surface area contributed by atoms with Crippen LogP contribution in [0, 0.1) is 5.92 Å². The summed E-state index contributed by atoms with van der Waals surface area (Å²) in [5, 5.41) is 8.99. The molecule has 2 aromatic rings. The quantitative estimate of drug-likeness (QED) is 0.777. The van der Waals surface area contributed by atoms with Gasteiger partial charge >= 0.3 is 5.97 Å². The summed E-state index contributed by atoms with van der Waals surface area (Å²) in [4.78, 5) is 14.6. The fourth-order valence-corrected chi connectivity index (χ4v) is 4.25. The van der Waals surface area contributed by atoms with Crippen LogP contribution in [0.25, 0.3) is 11.6 Å². The second kappa shape index (κ2) is 7.36. The van der Waals surface area contributed by atoms with Gasteiger partial charge < -0.3 is 10.0 Å². The zero-order chi connectivity index (χ0) is 18.0. The fourth-order valence-electron chi connectivity index (χ4n) is 3.10. The number of carbonyl (C=O) groups is 1. The van der Waals surface area contributed by atoms with Gasteiger partial charge in [0.25, 0.3) is 0 Å². The molecule has 0 aromatic heterocycles. The predicted octanol–water partition coefficient (Wildman–Crippen LogP) is 5.12. The van der Waals surface area contributed by atoms with Gasteiger partial charge in [-0.15, -0.1) is 11.8 Å². The van der Waals surface area contributed by atoms with Gasteiger partial charge in [-0.3, -0.25) is 0 Å². The maximum absolute atomic E-state index is 10.9. The lowest BCUT2D eigenvalue weighted by Crippen LogP contribution is -2.23. The monoisotopic (exact) mass is 353 g/mol. The van der Waals surface area contributed by atoms with Gasteiger partial charge in [-0.05, 0) is 53.8 Å². The van der Waals surface area contributed by atoms with Crippen LogP contribution in [0.4, 0.5) is 5.69 Å². The number of hydrogen-bond acceptors (Lipinski definition) is 3. The van der Waals surface area contributed by atoms with Crippen LogP contribution < -0.4 is 4.90 Å². The summed E-state index contributed by atoms with van der Waals surface area (Å²) >= 11 is 1.93. The molecule has 0 saturated heterocycles. The molecule has 1 heterocycles. The Morgan fingerprint density at radius 2 is 1.88 bits per heavy atom. The molecule has 0 fully saturated rings. The van der Waals surface area contributed by atoms with Crippen LogP contribution in [0.5, 0.6) is 0 Å². The number of carboxylic acids is 1. The van der Waals surface area contributed by atoms with E-state index in [1.807, 2.05) is 23.9 Å². The van der Waals surface area contributed by atoms with E-state index in [4.69, 9.17) is 5.11 Å². The van der Waals surface area contributed by atoms with E-state index in [2.05, 4.69) is 50.1 Å². The molecule has 25 heavy (non-hydrogen) atoms. The minimum absolute atomic E-state index is 0.313. The molecule has 0 radical (unpaired) electrons. The number of anilines is 1. The molecule has 1 N–H and O–H groups in total. The van der Waals surface area contributed by atoms with Crippen LogP contribution in [-0.4, -0.2) is 30.4 Å². The molecule has 1 unspecified atom stereocenters. The average molecular weight is 353 g/mol. The molecule has 0 amide bonds. The third-order valence-corrected chi connectivity index (χ3v) is 5.85. The van der Waals surface area contributed by atoms with Crippen LogP contribution in [0.15, 0.2) is 47.4 Å². The van der Waals surface area contributed by atoms with Gasteiger partial charge in [-0.1, -0.05) is 31.2 Å². The minimum Gasteiger partial charge on any atom is -0.478 e. The molecule has 0 spiro atoms. The minimum atomic E-state index is -0.895. The number of aromatic carboxylic acids is 1. The summed E-state index contributed by atoms with van der Waals surface area (Å²) < 4.78 is 0. The molecule has 0 aliphatic carbocycles. The molecule has 1 aliphatic heterocycles. The lowest BCUT2D eigenvalue weighted by Gasteiger charge is -2.21. The average Bonchev–Trinajstić information content (AvgIpc) is 2.73. The van der Waals surface area contributed by atoms with Gasteiger partial charge in [0.1, 0.15) is 0 Å². The molecule has 0 saturated carbocycles. The smallest absolute Gasteiger partial charge is 0.335 e. The lowest BCUT2D eigenvalue weighted by molar-refractivity contribution is 0.0697. The summed E-state index contributed by atoms with van der Waals surface area (Å²) in [5.41, 5.74) is 5.00. The highest BCUT2D eigenvalue weighted by Crippen LogP contribution is 2.36. The Labute approximate surface area is 153 Å². The van der Waals surface area contributed by atoms with Gasteiger partial charge in [0.15, 0.2) is 0 Å². The van der Waals surface area contributed by atoms with Crippen molar-refractivity contribution in [3.8, 4) is 0 Å². The van der Waals surface area contributed by atoms with Crippen molar-refractivity contribution in [2.45, 2.75) is 18.7 Å². The highest BCUT2D eigenvalue weighted by Gasteiger charge is 2.17. The number of benzene rings is 2. The van der Waals surface area contributed by atoms with Crippen molar-refractivity contribution in [1.82, 2.24) is 0 Å². The SMILES string of the molecule is CC(=Cc1ccc(C(=O)O)cc1)c1ccc2c(c1)SCC(C)CN2C. The van der Waals surface area contributed by atoms with E-state index in [9.17, 15) is 4.79 Å². The third-order valence-electron chi connectivity index (χ3n) is 4.48. The van der Waals surface area contributed by atoms with Crippen molar-refractivity contribution in [3.63, 3.8) is 0 Å². The lowest BCUT2D eigenvalue weighted by atomic mass is 10.0. The van der Waals surface area contributed by atoms with Gasteiger partial charge in [0.05, 0.1) is 11.3 Å². The highest BCUT2D eigenvalue weighted by atomic mass is 32.2. The number of carboxylic acid groups (broad SMARTS) is 1. The molecular formula is C21H23NO2S. The summed E-state index contributed by atoms with van der Waals surface area (Å²) in [7, 11) is 2.16. The van der Waals surface area contributed by atoms with Crippen molar-refractivity contribution >= 4 is 35.1 Å². The van der Waals surface area contributed by atoms with Crippen molar-refractivity contribution in [2.75, 3.05) is 24.2 Å². The zero-order valence-corrected chi connectivity index (χ0v) is 15.6. The number of allylic oxidation sites excluding steroid dienone is 1. The highest BCUT2D eigenvalue weighted by molar-refractivity contribution is 7.99. The van der Waals surface area contributed by atoms with Gasteiger partial charge in [0, 0.05) is 24.2 Å². The first-order chi connectivity index (χ1) is 11.9. The van der Waals surface area contributed by atoms with E-state index in [-0.39, 0.29) is 0 Å². The van der Waals surface area contributed by atoms with E-state index in [1.165, 1.54) is 21.7 Å². The number of hydrogen-bond donors (Lipinski definition) is 1. The third kappa shape index (κ3) is 4.07.